The van der Waals surface area contributed by atoms with Gasteiger partial charge in [-0.2, -0.15) is 0 Å². The molecule has 0 aliphatic carbocycles. The normalized spacial score (nSPS) is 14.6. The van der Waals surface area contributed by atoms with E-state index in [1.165, 1.54) is 22.8 Å². The summed E-state index contributed by atoms with van der Waals surface area (Å²) >= 11 is 0. The van der Waals surface area contributed by atoms with Crippen molar-refractivity contribution in [1.82, 2.24) is 24.4 Å². The molecule has 1 amide bonds. The van der Waals surface area contributed by atoms with Crippen LogP contribution >= 0.6 is 0 Å². The van der Waals surface area contributed by atoms with E-state index in [1.54, 1.807) is 30.0 Å². The van der Waals surface area contributed by atoms with Crippen LogP contribution in [-0.4, -0.2) is 69.1 Å². The predicted molar refractivity (Wildman–Crippen MR) is 114 cm³/mol. The average molecular weight is 441 g/mol. The number of fused-ring (bicyclic) bond motifs is 1. The zero-order chi connectivity index (χ0) is 22.7. The third-order valence-corrected chi connectivity index (χ3v) is 5.46. The molecule has 1 aliphatic rings. The summed E-state index contributed by atoms with van der Waals surface area (Å²) < 4.78 is 20.0. The number of carbonyl (C=O) groups excluding carboxylic acids is 2. The number of halogens is 1. The second-order valence-corrected chi connectivity index (χ2v) is 7.58. The number of piperazine rings is 1. The first kappa shape index (κ1) is 21.7. The Hall–Kier alpha value is -3.53. The lowest BCUT2D eigenvalue weighted by Crippen LogP contribution is -2.48. The lowest BCUT2D eigenvalue weighted by atomic mass is 10.1. The van der Waals surface area contributed by atoms with E-state index in [0.29, 0.717) is 44.0 Å². The van der Waals surface area contributed by atoms with E-state index in [0.717, 1.165) is 0 Å². The van der Waals surface area contributed by atoms with Gasteiger partial charge in [0, 0.05) is 45.0 Å². The fourth-order valence-electron chi connectivity index (χ4n) is 3.77. The van der Waals surface area contributed by atoms with Crippen molar-refractivity contribution >= 4 is 17.5 Å². The SMILES string of the molecule is CCOC(=O)c1c[nH]n2c(=O)cc(CN3CCN(C(=O)Cc4ccccc4F)CC3)nc12. The zero-order valence-electron chi connectivity index (χ0n) is 17.7. The second-order valence-electron chi connectivity index (χ2n) is 7.58. The summed E-state index contributed by atoms with van der Waals surface area (Å²) in [6, 6.07) is 7.71. The summed E-state index contributed by atoms with van der Waals surface area (Å²) in [4.78, 5) is 45.4. The van der Waals surface area contributed by atoms with Crippen molar-refractivity contribution in [3.63, 3.8) is 0 Å². The van der Waals surface area contributed by atoms with Crippen LogP contribution in [0.5, 0.6) is 0 Å². The van der Waals surface area contributed by atoms with Crippen LogP contribution in [0.25, 0.3) is 5.65 Å². The number of rotatable bonds is 6. The Balaban J connectivity index is 1.40. The summed E-state index contributed by atoms with van der Waals surface area (Å²) in [5, 5.41) is 2.73. The van der Waals surface area contributed by atoms with Crippen molar-refractivity contribution in [3.8, 4) is 0 Å². The second kappa shape index (κ2) is 9.31. The Bertz CT molecular complexity index is 1200. The fourth-order valence-corrected chi connectivity index (χ4v) is 3.77. The van der Waals surface area contributed by atoms with Crippen molar-refractivity contribution in [2.24, 2.45) is 0 Å². The molecule has 1 saturated heterocycles. The molecule has 0 unspecified atom stereocenters. The molecule has 168 valence electrons. The molecule has 1 fully saturated rings. The quantitative estimate of drug-likeness (QED) is 0.578. The maximum Gasteiger partial charge on any atom is 0.343 e. The molecule has 0 spiro atoms. The van der Waals surface area contributed by atoms with Gasteiger partial charge in [-0.15, -0.1) is 0 Å². The molecular formula is C22H24FN5O4. The van der Waals surface area contributed by atoms with Crippen LogP contribution < -0.4 is 5.56 Å². The molecule has 1 aliphatic heterocycles. The molecule has 4 rings (SSSR count). The van der Waals surface area contributed by atoms with E-state index < -0.39 is 5.97 Å². The molecule has 0 radical (unpaired) electrons. The lowest BCUT2D eigenvalue weighted by Gasteiger charge is -2.34. The Kier molecular flexibility index (Phi) is 6.31. The fraction of sp³-hybridized carbons (Fsp3) is 0.364. The number of ether oxygens (including phenoxy) is 1. The Labute approximate surface area is 183 Å². The number of nitrogens with one attached hydrogen (secondary N) is 1. The van der Waals surface area contributed by atoms with Crippen molar-refractivity contribution in [1.29, 1.82) is 0 Å². The maximum absolute atomic E-state index is 13.8. The van der Waals surface area contributed by atoms with Gasteiger partial charge >= 0.3 is 5.97 Å². The highest BCUT2D eigenvalue weighted by atomic mass is 19.1. The van der Waals surface area contributed by atoms with Gasteiger partial charge in [-0.25, -0.2) is 18.7 Å². The lowest BCUT2D eigenvalue weighted by molar-refractivity contribution is -0.132. The summed E-state index contributed by atoms with van der Waals surface area (Å²) in [6.45, 7) is 4.55. The van der Waals surface area contributed by atoms with Crippen LogP contribution in [0.15, 0.2) is 41.3 Å². The van der Waals surface area contributed by atoms with Crippen molar-refractivity contribution in [2.45, 2.75) is 19.9 Å². The number of hydrogen-bond acceptors (Lipinski definition) is 6. The van der Waals surface area contributed by atoms with E-state index >= 15 is 0 Å². The number of hydrogen-bond donors (Lipinski definition) is 1. The number of nitrogens with zero attached hydrogens (tertiary/aromatic N) is 4. The Morgan fingerprint density at radius 3 is 2.66 bits per heavy atom. The number of aromatic nitrogens is 3. The van der Waals surface area contributed by atoms with Crippen LogP contribution in [0.3, 0.4) is 0 Å². The van der Waals surface area contributed by atoms with Crippen LogP contribution in [0.2, 0.25) is 0 Å². The van der Waals surface area contributed by atoms with Crippen LogP contribution in [0.1, 0.15) is 28.5 Å². The van der Waals surface area contributed by atoms with Gasteiger partial charge in [-0.1, -0.05) is 18.2 Å². The van der Waals surface area contributed by atoms with Gasteiger partial charge < -0.3 is 9.64 Å². The van der Waals surface area contributed by atoms with Gasteiger partial charge in [0.05, 0.1) is 18.7 Å². The van der Waals surface area contributed by atoms with E-state index in [9.17, 15) is 18.8 Å². The minimum Gasteiger partial charge on any atom is -0.462 e. The largest absolute Gasteiger partial charge is 0.462 e. The minimum absolute atomic E-state index is 0.0335. The number of carbonyl (C=O) groups is 2. The van der Waals surface area contributed by atoms with Crippen molar-refractivity contribution in [3.05, 3.63) is 69.5 Å². The summed E-state index contributed by atoms with van der Waals surface area (Å²) in [7, 11) is 0. The van der Waals surface area contributed by atoms with Gasteiger partial charge in [0.25, 0.3) is 5.56 Å². The average Bonchev–Trinajstić information content (AvgIpc) is 3.21. The number of H-pyrrole nitrogens is 1. The molecule has 1 N–H and O–H groups in total. The maximum atomic E-state index is 13.8. The molecule has 0 saturated carbocycles. The molecule has 3 heterocycles. The van der Waals surface area contributed by atoms with E-state index in [2.05, 4.69) is 15.0 Å². The van der Waals surface area contributed by atoms with Crippen LogP contribution in [0, 0.1) is 5.82 Å². The third-order valence-electron chi connectivity index (χ3n) is 5.46. The third kappa shape index (κ3) is 4.54. The molecule has 0 bridgehead atoms. The minimum atomic E-state index is -0.544. The molecule has 0 atom stereocenters. The Morgan fingerprint density at radius 1 is 1.19 bits per heavy atom. The monoisotopic (exact) mass is 441 g/mol. The first-order valence-electron chi connectivity index (χ1n) is 10.5. The first-order chi connectivity index (χ1) is 15.5. The number of benzene rings is 1. The van der Waals surface area contributed by atoms with Gasteiger partial charge in [0.2, 0.25) is 5.91 Å². The molecule has 9 nitrogen and oxygen atoms in total. The van der Waals surface area contributed by atoms with E-state index in [4.69, 9.17) is 4.74 Å². The molecule has 10 heteroatoms. The topological polar surface area (TPSA) is 100 Å². The highest BCUT2D eigenvalue weighted by molar-refractivity contribution is 5.95. The molecule has 1 aromatic carbocycles. The van der Waals surface area contributed by atoms with Crippen LogP contribution in [0.4, 0.5) is 4.39 Å². The van der Waals surface area contributed by atoms with E-state index in [-0.39, 0.29) is 41.5 Å². The van der Waals surface area contributed by atoms with Gasteiger partial charge in [-0.3, -0.25) is 19.6 Å². The first-order valence-corrected chi connectivity index (χ1v) is 10.5. The highest BCUT2D eigenvalue weighted by Gasteiger charge is 2.23. The molecule has 32 heavy (non-hydrogen) atoms. The Morgan fingerprint density at radius 2 is 1.94 bits per heavy atom. The standard InChI is InChI=1S/C22H24FN5O4/c1-2-32-22(31)17-13-24-28-20(30)12-16(25-21(17)28)14-26-7-9-27(10-8-26)19(29)11-15-5-3-4-6-18(15)23/h3-6,12-13,24H,2,7-11,14H2,1H3. The van der Waals surface area contributed by atoms with Crippen molar-refractivity contribution < 1.29 is 18.7 Å². The van der Waals surface area contributed by atoms with Crippen molar-refractivity contribution in [2.75, 3.05) is 32.8 Å². The summed E-state index contributed by atoms with van der Waals surface area (Å²) in [5.41, 5.74) is 1.03. The highest BCUT2D eigenvalue weighted by Crippen LogP contribution is 2.13. The number of aromatic amines is 1. The summed E-state index contributed by atoms with van der Waals surface area (Å²) in [5.74, 6) is -1.03. The van der Waals surface area contributed by atoms with Crippen LogP contribution in [-0.2, 0) is 22.5 Å². The predicted octanol–water partition coefficient (Wildman–Crippen LogP) is 1.23. The molecule has 2 aromatic heterocycles. The zero-order valence-corrected chi connectivity index (χ0v) is 17.7. The van der Waals surface area contributed by atoms with Gasteiger partial charge in [0.1, 0.15) is 11.4 Å². The summed E-state index contributed by atoms with van der Waals surface area (Å²) in [6.07, 6.45) is 1.44. The van der Waals surface area contributed by atoms with Gasteiger partial charge in [-0.05, 0) is 18.6 Å². The molecule has 3 aromatic rings. The molecular weight excluding hydrogens is 417 g/mol. The van der Waals surface area contributed by atoms with E-state index in [1.807, 2.05) is 0 Å². The van der Waals surface area contributed by atoms with Gasteiger partial charge in [0.15, 0.2) is 5.65 Å². The smallest absolute Gasteiger partial charge is 0.343 e. The number of esters is 1. The number of amides is 1.